The lowest BCUT2D eigenvalue weighted by molar-refractivity contribution is -0.385. The van der Waals surface area contributed by atoms with Gasteiger partial charge in [0.1, 0.15) is 0 Å². The average molecular weight is 402 g/mol. The second-order valence-electron chi connectivity index (χ2n) is 3.65. The van der Waals surface area contributed by atoms with E-state index in [1.807, 2.05) is 0 Å². The standard InChI is InChI=1S/C12H6Br2N2O4/c13-9-3-8(16(18)19)4-10(14)12(9)20-11-2-1-7(6-17)5-15-11/h1-6H. The van der Waals surface area contributed by atoms with Crippen molar-refractivity contribution in [3.05, 3.63) is 55.1 Å². The maximum Gasteiger partial charge on any atom is 0.271 e. The summed E-state index contributed by atoms with van der Waals surface area (Å²) in [5.74, 6) is 0.632. The molecule has 0 saturated heterocycles. The van der Waals surface area contributed by atoms with Gasteiger partial charge >= 0.3 is 0 Å². The molecule has 0 saturated carbocycles. The van der Waals surface area contributed by atoms with Crippen LogP contribution in [0, 0.1) is 10.1 Å². The lowest BCUT2D eigenvalue weighted by Crippen LogP contribution is -1.93. The summed E-state index contributed by atoms with van der Waals surface area (Å²) in [7, 11) is 0. The van der Waals surface area contributed by atoms with Crippen LogP contribution in [0.3, 0.4) is 0 Å². The predicted octanol–water partition coefficient (Wildman–Crippen LogP) is 4.12. The van der Waals surface area contributed by atoms with Crippen molar-refractivity contribution in [3.8, 4) is 11.6 Å². The fourth-order valence-corrected chi connectivity index (χ4v) is 2.70. The highest BCUT2D eigenvalue weighted by atomic mass is 79.9. The Hall–Kier alpha value is -1.80. The molecule has 0 fully saturated rings. The number of aromatic nitrogens is 1. The molecule has 0 radical (unpaired) electrons. The maximum atomic E-state index is 10.7. The number of carbonyl (C=O) groups excluding carboxylic acids is 1. The van der Waals surface area contributed by atoms with E-state index in [0.717, 1.165) is 0 Å². The third kappa shape index (κ3) is 3.20. The lowest BCUT2D eigenvalue weighted by Gasteiger charge is -2.08. The van der Waals surface area contributed by atoms with E-state index in [4.69, 9.17) is 4.74 Å². The molecule has 6 nitrogen and oxygen atoms in total. The number of pyridine rings is 1. The fourth-order valence-electron chi connectivity index (χ4n) is 1.38. The van der Waals surface area contributed by atoms with Crippen molar-refractivity contribution in [1.29, 1.82) is 0 Å². The van der Waals surface area contributed by atoms with Crippen LogP contribution in [-0.2, 0) is 0 Å². The molecule has 0 aliphatic heterocycles. The van der Waals surface area contributed by atoms with Crippen LogP contribution in [0.25, 0.3) is 0 Å². The summed E-state index contributed by atoms with van der Waals surface area (Å²) in [4.78, 5) is 24.7. The van der Waals surface area contributed by atoms with Crippen molar-refractivity contribution >= 4 is 43.8 Å². The molecule has 0 unspecified atom stereocenters. The molecule has 8 heteroatoms. The van der Waals surface area contributed by atoms with Gasteiger partial charge in [-0.2, -0.15) is 0 Å². The van der Waals surface area contributed by atoms with Gasteiger partial charge in [0.25, 0.3) is 5.69 Å². The van der Waals surface area contributed by atoms with Gasteiger partial charge in [0, 0.05) is 30.0 Å². The van der Waals surface area contributed by atoms with Crippen LogP contribution < -0.4 is 4.74 Å². The molecule has 2 rings (SSSR count). The summed E-state index contributed by atoms with van der Waals surface area (Å²) in [6.45, 7) is 0. The van der Waals surface area contributed by atoms with Crippen molar-refractivity contribution < 1.29 is 14.5 Å². The number of hydrogen-bond acceptors (Lipinski definition) is 5. The Bertz CT molecular complexity index is 651. The van der Waals surface area contributed by atoms with Crippen LogP contribution in [0.15, 0.2) is 39.4 Å². The van der Waals surface area contributed by atoms with Crippen LogP contribution in [0.1, 0.15) is 10.4 Å². The molecule has 1 aromatic carbocycles. The molecular weight excluding hydrogens is 396 g/mol. The van der Waals surface area contributed by atoms with E-state index in [-0.39, 0.29) is 11.6 Å². The highest BCUT2D eigenvalue weighted by Gasteiger charge is 2.16. The first-order valence-electron chi connectivity index (χ1n) is 5.24. The highest BCUT2D eigenvalue weighted by molar-refractivity contribution is 9.11. The smallest absolute Gasteiger partial charge is 0.271 e. The molecule has 2 aromatic rings. The Labute approximate surface area is 130 Å². The largest absolute Gasteiger partial charge is 0.437 e. The van der Waals surface area contributed by atoms with Gasteiger partial charge in [0.05, 0.1) is 13.9 Å². The first-order valence-corrected chi connectivity index (χ1v) is 6.82. The maximum absolute atomic E-state index is 10.7. The summed E-state index contributed by atoms with van der Waals surface area (Å²) in [6.07, 6.45) is 2.05. The summed E-state index contributed by atoms with van der Waals surface area (Å²) < 4.78 is 6.36. The Morgan fingerprint density at radius 1 is 1.25 bits per heavy atom. The second-order valence-corrected chi connectivity index (χ2v) is 5.35. The molecule has 1 aromatic heterocycles. The SMILES string of the molecule is O=Cc1ccc(Oc2c(Br)cc([N+](=O)[O-])cc2Br)nc1. The van der Waals surface area contributed by atoms with Crippen molar-refractivity contribution in [2.75, 3.05) is 0 Å². The molecule has 0 N–H and O–H groups in total. The molecule has 1 heterocycles. The Balaban J connectivity index is 2.33. The van der Waals surface area contributed by atoms with Gasteiger partial charge in [-0.05, 0) is 37.9 Å². The number of aldehydes is 1. The van der Waals surface area contributed by atoms with Crippen LogP contribution in [0.2, 0.25) is 0 Å². The number of nitro benzene ring substituents is 1. The van der Waals surface area contributed by atoms with Gasteiger partial charge in [-0.25, -0.2) is 4.98 Å². The minimum atomic E-state index is -0.504. The van der Waals surface area contributed by atoms with E-state index in [1.54, 1.807) is 6.07 Å². The average Bonchev–Trinajstić information content (AvgIpc) is 2.43. The Morgan fingerprint density at radius 2 is 1.90 bits per heavy atom. The monoisotopic (exact) mass is 400 g/mol. The normalized spacial score (nSPS) is 10.1. The Kier molecular flexibility index (Phi) is 4.46. The molecule has 0 bridgehead atoms. The number of non-ortho nitro benzene ring substituents is 1. The quantitative estimate of drug-likeness (QED) is 0.437. The van der Waals surface area contributed by atoms with Crippen LogP contribution >= 0.6 is 31.9 Å². The number of benzene rings is 1. The summed E-state index contributed by atoms with van der Waals surface area (Å²) in [6, 6.07) is 5.76. The summed E-state index contributed by atoms with van der Waals surface area (Å²) in [5.41, 5.74) is 0.361. The van der Waals surface area contributed by atoms with Gasteiger partial charge in [-0.3, -0.25) is 14.9 Å². The number of nitro groups is 1. The molecule has 102 valence electrons. The van der Waals surface area contributed by atoms with E-state index in [9.17, 15) is 14.9 Å². The topological polar surface area (TPSA) is 82.3 Å². The number of halogens is 2. The number of nitrogens with zero attached hydrogens (tertiary/aromatic N) is 2. The zero-order chi connectivity index (χ0) is 14.7. The van der Waals surface area contributed by atoms with Crippen molar-refractivity contribution in [2.24, 2.45) is 0 Å². The minimum absolute atomic E-state index is 0.0691. The van der Waals surface area contributed by atoms with Gasteiger partial charge in [0.2, 0.25) is 5.88 Å². The number of hydrogen-bond donors (Lipinski definition) is 0. The van der Waals surface area contributed by atoms with Crippen LogP contribution in [0.5, 0.6) is 11.6 Å². The van der Waals surface area contributed by atoms with Gasteiger partial charge in [-0.1, -0.05) is 0 Å². The van der Waals surface area contributed by atoms with Crippen LogP contribution in [-0.4, -0.2) is 16.2 Å². The van der Waals surface area contributed by atoms with Crippen LogP contribution in [0.4, 0.5) is 5.69 Å². The molecule has 0 aliphatic carbocycles. The molecular formula is C12H6Br2N2O4. The van der Waals surface area contributed by atoms with Crippen molar-refractivity contribution in [1.82, 2.24) is 4.98 Å². The highest BCUT2D eigenvalue weighted by Crippen LogP contribution is 2.39. The van der Waals surface area contributed by atoms with E-state index in [1.165, 1.54) is 24.4 Å². The molecule has 0 amide bonds. The molecule has 0 aliphatic rings. The van der Waals surface area contributed by atoms with Gasteiger partial charge in [-0.15, -0.1) is 0 Å². The van der Waals surface area contributed by atoms with E-state index in [2.05, 4.69) is 36.8 Å². The summed E-state index contributed by atoms with van der Waals surface area (Å²) >= 11 is 6.42. The second kappa shape index (κ2) is 6.10. The first kappa shape index (κ1) is 14.6. The third-order valence-corrected chi connectivity index (χ3v) is 3.47. The predicted molar refractivity (Wildman–Crippen MR) is 78.2 cm³/mol. The number of carbonyl (C=O) groups is 1. The van der Waals surface area contributed by atoms with E-state index in [0.29, 0.717) is 26.5 Å². The third-order valence-electron chi connectivity index (χ3n) is 2.30. The van der Waals surface area contributed by atoms with E-state index < -0.39 is 4.92 Å². The molecule has 0 spiro atoms. The zero-order valence-corrected chi connectivity index (χ0v) is 12.9. The van der Waals surface area contributed by atoms with Gasteiger partial charge < -0.3 is 4.74 Å². The lowest BCUT2D eigenvalue weighted by atomic mass is 10.3. The summed E-state index contributed by atoms with van der Waals surface area (Å²) in [5, 5.41) is 10.7. The Morgan fingerprint density at radius 3 is 2.35 bits per heavy atom. The number of ether oxygens (including phenoxy) is 1. The first-order chi connectivity index (χ1) is 9.51. The van der Waals surface area contributed by atoms with Crippen molar-refractivity contribution in [3.63, 3.8) is 0 Å². The van der Waals surface area contributed by atoms with Crippen molar-refractivity contribution in [2.45, 2.75) is 0 Å². The van der Waals surface area contributed by atoms with Gasteiger partial charge in [0.15, 0.2) is 12.0 Å². The minimum Gasteiger partial charge on any atom is -0.437 e. The van der Waals surface area contributed by atoms with E-state index >= 15 is 0 Å². The number of rotatable bonds is 4. The fraction of sp³-hybridized carbons (Fsp3) is 0. The molecule has 20 heavy (non-hydrogen) atoms. The zero-order valence-electron chi connectivity index (χ0n) is 9.75. The molecule has 0 atom stereocenters.